The Morgan fingerprint density at radius 1 is 1.13 bits per heavy atom. The van der Waals surface area contributed by atoms with E-state index in [1.165, 1.54) is 11.1 Å². The average Bonchev–Trinajstić information content (AvgIpc) is 2.61. The summed E-state index contributed by atoms with van der Waals surface area (Å²) < 4.78 is 11.4. The zero-order chi connectivity index (χ0) is 15.9. The third-order valence-electron chi connectivity index (χ3n) is 4.10. The Morgan fingerprint density at radius 3 is 2.78 bits per heavy atom. The molecule has 0 aromatic heterocycles. The van der Waals surface area contributed by atoms with Gasteiger partial charge in [-0.1, -0.05) is 42.5 Å². The minimum Gasteiger partial charge on any atom is -0.491 e. The number of benzene rings is 2. The maximum atomic E-state index is 10.0. The van der Waals surface area contributed by atoms with Crippen LogP contribution in [-0.2, 0) is 11.2 Å². The van der Waals surface area contributed by atoms with Gasteiger partial charge in [0.1, 0.15) is 37.7 Å². The van der Waals surface area contributed by atoms with Gasteiger partial charge in [0.2, 0.25) is 0 Å². The highest BCUT2D eigenvalue weighted by atomic mass is 16.5. The lowest BCUT2D eigenvalue weighted by Gasteiger charge is -2.25. The topological polar surface area (TPSA) is 55.3 Å². The van der Waals surface area contributed by atoms with Gasteiger partial charge in [-0.25, -0.2) is 0 Å². The first-order valence-corrected chi connectivity index (χ1v) is 8.20. The highest BCUT2D eigenvalue weighted by Crippen LogP contribution is 2.25. The fraction of sp³-hybridized carbons (Fsp3) is 0.368. The summed E-state index contributed by atoms with van der Waals surface area (Å²) >= 11 is 0. The first-order valence-electron chi connectivity index (χ1n) is 8.20. The van der Waals surface area contributed by atoms with E-state index in [0.29, 0.717) is 13.2 Å². The molecule has 0 saturated carbocycles. The summed E-state index contributed by atoms with van der Waals surface area (Å²) in [5.74, 6) is 0.788. The summed E-state index contributed by atoms with van der Waals surface area (Å²) in [6.45, 7) is 2.51. The smallest absolute Gasteiger partial charge is 0.137 e. The van der Waals surface area contributed by atoms with E-state index >= 15 is 0 Å². The number of quaternary nitrogens is 1. The number of fused-ring (bicyclic) bond motifs is 1. The lowest BCUT2D eigenvalue weighted by molar-refractivity contribution is -0.668. The summed E-state index contributed by atoms with van der Waals surface area (Å²) in [5, 5.41) is 12.1. The van der Waals surface area contributed by atoms with Crippen molar-refractivity contribution in [2.45, 2.75) is 18.6 Å². The fourth-order valence-corrected chi connectivity index (χ4v) is 2.89. The average molecular weight is 314 g/mol. The molecular formula is C19H24NO3+. The van der Waals surface area contributed by atoms with Crippen LogP contribution in [0.15, 0.2) is 54.6 Å². The van der Waals surface area contributed by atoms with Gasteiger partial charge in [0.15, 0.2) is 0 Å². The number of aliphatic hydroxyl groups excluding tert-OH is 1. The van der Waals surface area contributed by atoms with Crippen molar-refractivity contribution in [2.24, 2.45) is 0 Å². The maximum Gasteiger partial charge on any atom is 0.137 e. The van der Waals surface area contributed by atoms with Crippen molar-refractivity contribution in [3.8, 4) is 5.75 Å². The molecule has 0 saturated heterocycles. The molecule has 4 heteroatoms. The Morgan fingerprint density at radius 2 is 1.91 bits per heavy atom. The van der Waals surface area contributed by atoms with Gasteiger partial charge in [-0.3, -0.25) is 0 Å². The van der Waals surface area contributed by atoms with Gasteiger partial charge in [-0.05, 0) is 29.7 Å². The fourth-order valence-electron chi connectivity index (χ4n) is 2.89. The van der Waals surface area contributed by atoms with Crippen LogP contribution in [0.1, 0.15) is 17.2 Å². The van der Waals surface area contributed by atoms with E-state index in [2.05, 4.69) is 29.6 Å². The summed E-state index contributed by atoms with van der Waals surface area (Å²) in [6.07, 6.45) is 0.608. The lowest BCUT2D eigenvalue weighted by Crippen LogP contribution is -2.87. The van der Waals surface area contributed by atoms with Crippen molar-refractivity contribution in [3.63, 3.8) is 0 Å². The Hall–Kier alpha value is -1.88. The van der Waals surface area contributed by atoms with Gasteiger partial charge >= 0.3 is 0 Å². The number of ether oxygens (including phenoxy) is 2. The van der Waals surface area contributed by atoms with Crippen molar-refractivity contribution in [2.75, 3.05) is 26.3 Å². The van der Waals surface area contributed by atoms with Gasteiger partial charge in [0, 0.05) is 0 Å². The maximum absolute atomic E-state index is 10.0. The van der Waals surface area contributed by atoms with Gasteiger partial charge in [0.05, 0.1) is 6.61 Å². The number of hydrogen-bond donors (Lipinski definition) is 2. The number of aliphatic hydroxyl groups is 1. The molecule has 4 nitrogen and oxygen atoms in total. The van der Waals surface area contributed by atoms with E-state index in [-0.39, 0.29) is 6.10 Å². The monoisotopic (exact) mass is 314 g/mol. The predicted molar refractivity (Wildman–Crippen MR) is 88.4 cm³/mol. The molecule has 0 radical (unpaired) electrons. The van der Waals surface area contributed by atoms with Crippen molar-refractivity contribution >= 4 is 0 Å². The van der Waals surface area contributed by atoms with Crippen molar-refractivity contribution in [3.05, 3.63) is 65.7 Å². The molecule has 23 heavy (non-hydrogen) atoms. The Bertz CT molecular complexity index is 603. The van der Waals surface area contributed by atoms with Crippen LogP contribution in [0.4, 0.5) is 0 Å². The second kappa shape index (κ2) is 8.11. The van der Waals surface area contributed by atoms with E-state index in [4.69, 9.17) is 9.47 Å². The van der Waals surface area contributed by atoms with Crippen molar-refractivity contribution < 1.29 is 19.9 Å². The van der Waals surface area contributed by atoms with E-state index in [1.807, 2.05) is 30.3 Å². The molecule has 0 amide bonds. The van der Waals surface area contributed by atoms with Crippen LogP contribution < -0.4 is 10.1 Å². The van der Waals surface area contributed by atoms with Gasteiger partial charge in [-0.2, -0.15) is 0 Å². The molecule has 1 aliphatic heterocycles. The molecular weight excluding hydrogens is 290 g/mol. The molecule has 0 bridgehead atoms. The van der Waals surface area contributed by atoms with Crippen LogP contribution in [0.3, 0.4) is 0 Å². The Labute approximate surface area is 137 Å². The second-order valence-corrected chi connectivity index (χ2v) is 5.85. The predicted octanol–water partition coefficient (Wildman–Crippen LogP) is 1.30. The van der Waals surface area contributed by atoms with E-state index in [9.17, 15) is 5.11 Å². The molecule has 0 fully saturated rings. The number of rotatable bonds is 7. The van der Waals surface area contributed by atoms with Gasteiger partial charge < -0.3 is 19.9 Å². The van der Waals surface area contributed by atoms with Crippen LogP contribution >= 0.6 is 0 Å². The quantitative estimate of drug-likeness (QED) is 0.810. The molecule has 122 valence electrons. The number of hydrogen-bond acceptors (Lipinski definition) is 3. The summed E-state index contributed by atoms with van der Waals surface area (Å²) in [5.41, 5.74) is 2.66. The lowest BCUT2D eigenvalue weighted by atomic mass is 9.97. The standard InChI is InChI=1S/C19H23NO3/c21-16(14-23-17-7-2-1-3-8-17)12-20-13-19-18-9-5-4-6-15(18)10-11-22-19/h1-9,16,19-21H,10-14H2/p+1. The van der Waals surface area contributed by atoms with Crippen molar-refractivity contribution in [1.82, 2.24) is 0 Å². The third-order valence-corrected chi connectivity index (χ3v) is 4.10. The molecule has 2 aromatic carbocycles. The van der Waals surface area contributed by atoms with Crippen LogP contribution in [0.25, 0.3) is 0 Å². The minimum atomic E-state index is -0.492. The number of para-hydroxylation sites is 1. The summed E-state index contributed by atoms with van der Waals surface area (Å²) in [4.78, 5) is 0. The second-order valence-electron chi connectivity index (χ2n) is 5.85. The van der Waals surface area contributed by atoms with E-state index in [0.717, 1.165) is 25.3 Å². The van der Waals surface area contributed by atoms with E-state index in [1.54, 1.807) is 0 Å². The molecule has 1 aliphatic rings. The summed E-state index contributed by atoms with van der Waals surface area (Å²) in [7, 11) is 0. The molecule has 3 N–H and O–H groups in total. The van der Waals surface area contributed by atoms with Crippen LogP contribution in [0.2, 0.25) is 0 Å². The molecule has 2 atom stereocenters. The molecule has 2 aromatic rings. The largest absolute Gasteiger partial charge is 0.491 e. The Balaban J connectivity index is 1.41. The molecule has 1 heterocycles. The first kappa shape index (κ1) is 16.0. The third kappa shape index (κ3) is 4.55. The molecule has 0 aliphatic carbocycles. The molecule has 2 unspecified atom stereocenters. The van der Waals surface area contributed by atoms with Gasteiger partial charge in [0.25, 0.3) is 0 Å². The highest BCUT2D eigenvalue weighted by Gasteiger charge is 2.22. The zero-order valence-electron chi connectivity index (χ0n) is 13.2. The van der Waals surface area contributed by atoms with Crippen LogP contribution in [0, 0.1) is 0 Å². The molecule has 3 rings (SSSR count). The zero-order valence-corrected chi connectivity index (χ0v) is 13.2. The van der Waals surface area contributed by atoms with E-state index < -0.39 is 6.10 Å². The first-order chi connectivity index (χ1) is 11.3. The molecule has 0 spiro atoms. The normalized spacial score (nSPS) is 18.2. The highest BCUT2D eigenvalue weighted by molar-refractivity contribution is 5.30. The summed E-state index contributed by atoms with van der Waals surface area (Å²) in [6, 6.07) is 18.0. The SMILES string of the molecule is OC(C[NH2+]CC1OCCc2ccccc21)COc1ccccc1. The minimum absolute atomic E-state index is 0.113. The van der Waals surface area contributed by atoms with Crippen LogP contribution in [0.5, 0.6) is 5.75 Å². The van der Waals surface area contributed by atoms with Gasteiger partial charge in [-0.15, -0.1) is 0 Å². The van der Waals surface area contributed by atoms with Crippen LogP contribution in [-0.4, -0.2) is 37.5 Å². The number of nitrogens with two attached hydrogens (primary N) is 1. The van der Waals surface area contributed by atoms with Crippen molar-refractivity contribution in [1.29, 1.82) is 0 Å². The Kier molecular flexibility index (Phi) is 5.64.